The molecule has 0 spiro atoms. The van der Waals surface area contributed by atoms with Crippen LogP contribution in [-0.4, -0.2) is 59.6 Å². The van der Waals surface area contributed by atoms with E-state index in [9.17, 15) is 5.11 Å². The molecule has 0 fully saturated rings. The number of aliphatic hydroxyl groups excluding tert-OH is 1. The minimum atomic E-state index is -0.521. The fourth-order valence-electron chi connectivity index (χ4n) is 2.63. The van der Waals surface area contributed by atoms with Gasteiger partial charge in [0, 0.05) is 13.1 Å². The number of nitrogens with two attached hydrogens (primary N) is 1. The number of halogens is 1. The normalized spacial score (nSPS) is 11.8. The first-order valence-electron chi connectivity index (χ1n) is 9.13. The summed E-state index contributed by atoms with van der Waals surface area (Å²) in [5.74, 6) is 6.63. The Morgan fingerprint density at radius 1 is 1.21 bits per heavy atom. The van der Waals surface area contributed by atoms with Gasteiger partial charge in [-0.2, -0.15) is 5.10 Å². The smallest absolute Gasteiger partial charge is 0.162 e. The lowest BCUT2D eigenvalue weighted by Crippen LogP contribution is -2.34. The van der Waals surface area contributed by atoms with E-state index in [1.807, 2.05) is 44.3 Å². The summed E-state index contributed by atoms with van der Waals surface area (Å²) in [7, 11) is 2.00. The first kappa shape index (κ1) is 24.1. The monoisotopic (exact) mass is 410 g/mol. The Morgan fingerprint density at radius 3 is 2.68 bits per heavy atom. The standard InChI is InChI=1S/C19H30N6O2.ClH/c1-15-6-3-4-7-18(15)27-14-17(26)13-25(2)11-5-10-21-12-16-8-9-19(22-20)24-23-16;/h3-4,6-9,17,21,26H,5,10-14,20H2,1-2H3,(H,22,24);1H. The van der Waals surface area contributed by atoms with E-state index in [2.05, 4.69) is 25.8 Å². The molecule has 0 saturated carbocycles. The van der Waals surface area contributed by atoms with Crippen molar-refractivity contribution in [1.82, 2.24) is 20.4 Å². The van der Waals surface area contributed by atoms with E-state index in [-0.39, 0.29) is 12.4 Å². The summed E-state index contributed by atoms with van der Waals surface area (Å²) < 4.78 is 5.69. The van der Waals surface area contributed by atoms with Crippen LogP contribution in [0.4, 0.5) is 5.82 Å². The molecular weight excluding hydrogens is 380 g/mol. The lowest BCUT2D eigenvalue weighted by atomic mass is 10.2. The van der Waals surface area contributed by atoms with Crippen LogP contribution in [0.2, 0.25) is 0 Å². The van der Waals surface area contributed by atoms with E-state index < -0.39 is 6.10 Å². The molecule has 0 saturated heterocycles. The first-order valence-corrected chi connectivity index (χ1v) is 9.13. The number of nitrogens with one attached hydrogen (secondary N) is 2. The fourth-order valence-corrected chi connectivity index (χ4v) is 2.63. The Hall–Kier alpha value is -1.97. The molecule has 1 heterocycles. The molecule has 0 aliphatic carbocycles. The molecule has 2 aromatic rings. The molecule has 1 unspecified atom stereocenters. The minimum Gasteiger partial charge on any atom is -0.491 e. The molecule has 0 bridgehead atoms. The number of hydrogen-bond donors (Lipinski definition) is 4. The van der Waals surface area contributed by atoms with Crippen LogP contribution in [-0.2, 0) is 6.54 Å². The van der Waals surface area contributed by atoms with Gasteiger partial charge >= 0.3 is 0 Å². The Kier molecular flexibility index (Phi) is 11.4. The van der Waals surface area contributed by atoms with Crippen LogP contribution in [0.25, 0.3) is 0 Å². The van der Waals surface area contributed by atoms with Crippen molar-refractivity contribution >= 4 is 18.2 Å². The zero-order valence-corrected chi connectivity index (χ0v) is 17.3. The van der Waals surface area contributed by atoms with Crippen LogP contribution in [0, 0.1) is 6.92 Å². The van der Waals surface area contributed by atoms with Gasteiger partial charge in [0.2, 0.25) is 0 Å². The number of aliphatic hydroxyl groups is 1. The molecule has 1 aromatic heterocycles. The van der Waals surface area contributed by atoms with Crippen LogP contribution < -0.4 is 21.3 Å². The number of para-hydroxylation sites is 1. The van der Waals surface area contributed by atoms with Crippen molar-refractivity contribution in [3.63, 3.8) is 0 Å². The SMILES string of the molecule is Cc1ccccc1OCC(O)CN(C)CCCNCc1ccc(NN)nn1.Cl. The number of hydrazine groups is 1. The average Bonchev–Trinajstić information content (AvgIpc) is 2.67. The molecule has 5 N–H and O–H groups in total. The van der Waals surface area contributed by atoms with Gasteiger partial charge in [-0.15, -0.1) is 17.5 Å². The third kappa shape index (κ3) is 8.81. The van der Waals surface area contributed by atoms with Crippen LogP contribution in [0.3, 0.4) is 0 Å². The summed E-state index contributed by atoms with van der Waals surface area (Å²) in [5, 5.41) is 21.5. The van der Waals surface area contributed by atoms with Crippen molar-refractivity contribution in [2.75, 3.05) is 38.7 Å². The van der Waals surface area contributed by atoms with Crippen molar-refractivity contribution in [1.29, 1.82) is 0 Å². The molecule has 156 valence electrons. The number of hydrogen-bond acceptors (Lipinski definition) is 8. The van der Waals surface area contributed by atoms with Gasteiger partial charge < -0.3 is 25.5 Å². The second kappa shape index (κ2) is 13.2. The van der Waals surface area contributed by atoms with Gasteiger partial charge in [-0.3, -0.25) is 0 Å². The molecule has 8 nitrogen and oxygen atoms in total. The second-order valence-corrected chi connectivity index (χ2v) is 6.58. The number of anilines is 1. The Bertz CT molecular complexity index is 674. The molecule has 9 heteroatoms. The third-order valence-corrected chi connectivity index (χ3v) is 4.11. The van der Waals surface area contributed by atoms with Crippen molar-refractivity contribution in [2.45, 2.75) is 26.0 Å². The highest BCUT2D eigenvalue weighted by molar-refractivity contribution is 5.85. The van der Waals surface area contributed by atoms with Crippen molar-refractivity contribution < 1.29 is 9.84 Å². The predicted octanol–water partition coefficient (Wildman–Crippen LogP) is 1.34. The zero-order valence-electron chi connectivity index (χ0n) is 16.5. The largest absolute Gasteiger partial charge is 0.491 e. The van der Waals surface area contributed by atoms with E-state index in [0.29, 0.717) is 25.5 Å². The van der Waals surface area contributed by atoms with E-state index in [1.54, 1.807) is 6.07 Å². The molecule has 1 atom stereocenters. The second-order valence-electron chi connectivity index (χ2n) is 6.58. The van der Waals surface area contributed by atoms with Gasteiger partial charge in [0.15, 0.2) is 5.82 Å². The lowest BCUT2D eigenvalue weighted by Gasteiger charge is -2.21. The molecule has 0 radical (unpaired) electrons. The van der Waals surface area contributed by atoms with Crippen LogP contribution in [0.5, 0.6) is 5.75 Å². The van der Waals surface area contributed by atoms with E-state index >= 15 is 0 Å². The van der Waals surface area contributed by atoms with Gasteiger partial charge in [0.1, 0.15) is 18.5 Å². The maximum Gasteiger partial charge on any atom is 0.162 e. The van der Waals surface area contributed by atoms with Crippen molar-refractivity contribution in [3.8, 4) is 5.75 Å². The number of nitrogens with zero attached hydrogens (tertiary/aromatic N) is 3. The molecule has 2 rings (SSSR count). The summed E-state index contributed by atoms with van der Waals surface area (Å²) in [5.41, 5.74) is 4.39. The maximum atomic E-state index is 10.2. The quantitative estimate of drug-likeness (QED) is 0.236. The Morgan fingerprint density at radius 2 is 2.00 bits per heavy atom. The first-order chi connectivity index (χ1) is 13.1. The van der Waals surface area contributed by atoms with Gasteiger partial charge in [0.05, 0.1) is 5.69 Å². The van der Waals surface area contributed by atoms with Gasteiger partial charge in [0.25, 0.3) is 0 Å². The van der Waals surface area contributed by atoms with E-state index in [4.69, 9.17) is 10.6 Å². The molecule has 0 aliphatic heterocycles. The molecule has 0 aliphatic rings. The summed E-state index contributed by atoms with van der Waals surface area (Å²) in [6, 6.07) is 11.5. The van der Waals surface area contributed by atoms with Gasteiger partial charge in [-0.25, -0.2) is 5.84 Å². The highest BCUT2D eigenvalue weighted by Crippen LogP contribution is 2.16. The summed E-state index contributed by atoms with van der Waals surface area (Å²) >= 11 is 0. The molecular formula is C19H31ClN6O2. The van der Waals surface area contributed by atoms with Gasteiger partial charge in [-0.1, -0.05) is 18.2 Å². The summed E-state index contributed by atoms with van der Waals surface area (Å²) in [6.07, 6.45) is 0.449. The number of benzene rings is 1. The van der Waals surface area contributed by atoms with Crippen LogP contribution in [0.1, 0.15) is 17.7 Å². The number of rotatable bonds is 12. The number of aryl methyl sites for hydroxylation is 1. The number of likely N-dealkylation sites (N-methyl/N-ethyl adjacent to an activating group) is 1. The van der Waals surface area contributed by atoms with Crippen molar-refractivity contribution in [2.24, 2.45) is 5.84 Å². The summed E-state index contributed by atoms with van der Waals surface area (Å²) in [6.45, 7) is 5.27. The van der Waals surface area contributed by atoms with Crippen molar-refractivity contribution in [3.05, 3.63) is 47.7 Å². The topological polar surface area (TPSA) is 109 Å². The lowest BCUT2D eigenvalue weighted by molar-refractivity contribution is 0.0758. The predicted molar refractivity (Wildman–Crippen MR) is 114 cm³/mol. The number of ether oxygens (including phenoxy) is 1. The summed E-state index contributed by atoms with van der Waals surface area (Å²) in [4.78, 5) is 2.11. The zero-order chi connectivity index (χ0) is 19.5. The fraction of sp³-hybridized carbons (Fsp3) is 0.474. The highest BCUT2D eigenvalue weighted by atomic mass is 35.5. The molecule has 1 aromatic carbocycles. The van der Waals surface area contributed by atoms with E-state index in [1.165, 1.54) is 0 Å². The molecule has 0 amide bonds. The van der Waals surface area contributed by atoms with Gasteiger partial charge in [-0.05, 0) is 57.2 Å². The number of nitrogen functional groups attached to an aromatic ring is 1. The molecule has 28 heavy (non-hydrogen) atoms. The Labute approximate surface area is 172 Å². The van der Waals surface area contributed by atoms with Crippen LogP contribution in [0.15, 0.2) is 36.4 Å². The average molecular weight is 411 g/mol. The number of aromatic nitrogens is 2. The Balaban J connectivity index is 0.00000392. The van der Waals surface area contributed by atoms with Crippen LogP contribution >= 0.6 is 12.4 Å². The maximum absolute atomic E-state index is 10.2. The van der Waals surface area contributed by atoms with E-state index in [0.717, 1.165) is 36.5 Å². The minimum absolute atomic E-state index is 0. The highest BCUT2D eigenvalue weighted by Gasteiger charge is 2.10. The third-order valence-electron chi connectivity index (χ3n) is 4.11.